The van der Waals surface area contributed by atoms with E-state index in [9.17, 15) is 0 Å². The molecule has 0 aliphatic heterocycles. The summed E-state index contributed by atoms with van der Waals surface area (Å²) in [6.45, 7) is 6.75. The van der Waals surface area contributed by atoms with E-state index < -0.39 is 0 Å². The fraction of sp³-hybridized carbons (Fsp3) is 0.0952. The summed E-state index contributed by atoms with van der Waals surface area (Å²) >= 11 is 0. The van der Waals surface area contributed by atoms with Gasteiger partial charge in [-0.15, -0.1) is 0 Å². The van der Waals surface area contributed by atoms with E-state index in [1.165, 1.54) is 87.4 Å². The number of methoxy groups -OCH3 is 1. The monoisotopic (exact) mass is 552 g/mol. The molecule has 43 heavy (non-hydrogen) atoms. The molecule has 0 aliphatic carbocycles. The summed E-state index contributed by atoms with van der Waals surface area (Å²) in [5.41, 5.74) is 8.86. The lowest BCUT2D eigenvalue weighted by Crippen LogP contribution is -1.94. The van der Waals surface area contributed by atoms with Gasteiger partial charge in [-0.05, 0) is 132 Å². The van der Waals surface area contributed by atoms with Gasteiger partial charge in [-0.3, -0.25) is 0 Å². The van der Waals surface area contributed by atoms with Gasteiger partial charge in [0.05, 0.1) is 7.11 Å². The highest BCUT2D eigenvalue weighted by atomic mass is 16.5. The Kier molecular flexibility index (Phi) is 5.77. The van der Waals surface area contributed by atoms with Crippen molar-refractivity contribution >= 4 is 53.9 Å². The van der Waals surface area contributed by atoms with Crippen LogP contribution in [0.15, 0.2) is 121 Å². The standard InChI is InChI=1S/C42H32O/c1-25-11-9-16-34-32-14-7-5-12-28(32)23-38(41(25)34)30-19-20-31-26(2)21-36(27(3)37(31)22-30)39-24-29-13-6-8-15-33(29)35-17-10-18-40(43-4)42(35)39/h5-24H,1-4H3. The van der Waals surface area contributed by atoms with E-state index in [0.717, 1.165) is 11.1 Å². The quantitative estimate of drug-likeness (QED) is 0.198. The zero-order chi connectivity index (χ0) is 29.2. The number of ether oxygens (including phenoxy) is 1. The average Bonchev–Trinajstić information content (AvgIpc) is 3.05. The summed E-state index contributed by atoms with van der Waals surface area (Å²) in [5, 5.41) is 12.7. The molecule has 8 rings (SSSR count). The molecule has 0 heterocycles. The molecule has 0 bridgehead atoms. The van der Waals surface area contributed by atoms with Crippen LogP contribution in [0.3, 0.4) is 0 Å². The first-order valence-corrected chi connectivity index (χ1v) is 15.0. The second kappa shape index (κ2) is 9.71. The van der Waals surface area contributed by atoms with Gasteiger partial charge >= 0.3 is 0 Å². The molecule has 0 atom stereocenters. The minimum absolute atomic E-state index is 0.905. The third-order valence-corrected chi connectivity index (χ3v) is 9.37. The summed E-state index contributed by atoms with van der Waals surface area (Å²) in [7, 11) is 1.77. The molecular weight excluding hydrogens is 520 g/mol. The van der Waals surface area contributed by atoms with Crippen molar-refractivity contribution in [1.29, 1.82) is 0 Å². The zero-order valence-corrected chi connectivity index (χ0v) is 25.0. The molecular formula is C42H32O. The van der Waals surface area contributed by atoms with E-state index in [0.29, 0.717) is 0 Å². The topological polar surface area (TPSA) is 9.23 Å². The van der Waals surface area contributed by atoms with Crippen molar-refractivity contribution in [2.45, 2.75) is 20.8 Å². The fourth-order valence-electron chi connectivity index (χ4n) is 7.28. The number of rotatable bonds is 3. The minimum Gasteiger partial charge on any atom is -0.496 e. The highest BCUT2D eigenvalue weighted by Crippen LogP contribution is 2.44. The predicted octanol–water partition coefficient (Wildman–Crippen LogP) is 11.7. The molecule has 1 nitrogen and oxygen atoms in total. The van der Waals surface area contributed by atoms with Crippen LogP contribution in [0, 0.1) is 20.8 Å². The molecule has 8 aromatic rings. The van der Waals surface area contributed by atoms with Crippen molar-refractivity contribution in [3.05, 3.63) is 138 Å². The van der Waals surface area contributed by atoms with Gasteiger partial charge < -0.3 is 4.74 Å². The molecule has 0 saturated heterocycles. The molecule has 206 valence electrons. The lowest BCUT2D eigenvalue weighted by Gasteiger charge is -2.19. The second-order valence-corrected chi connectivity index (χ2v) is 11.8. The smallest absolute Gasteiger partial charge is 0.127 e. The first-order valence-electron chi connectivity index (χ1n) is 15.0. The number of aryl methyl sites for hydroxylation is 3. The van der Waals surface area contributed by atoms with Crippen LogP contribution in [-0.4, -0.2) is 7.11 Å². The van der Waals surface area contributed by atoms with Crippen LogP contribution in [0.2, 0.25) is 0 Å². The third kappa shape index (κ3) is 3.85. The largest absolute Gasteiger partial charge is 0.496 e. The van der Waals surface area contributed by atoms with Crippen LogP contribution in [0.1, 0.15) is 16.7 Å². The molecule has 0 spiro atoms. The van der Waals surface area contributed by atoms with E-state index in [1.807, 2.05) is 0 Å². The van der Waals surface area contributed by atoms with Crippen LogP contribution in [0.5, 0.6) is 5.75 Å². The van der Waals surface area contributed by atoms with Crippen LogP contribution in [0.25, 0.3) is 76.1 Å². The molecule has 1 heteroatoms. The maximum absolute atomic E-state index is 5.96. The highest BCUT2D eigenvalue weighted by molar-refractivity contribution is 6.18. The van der Waals surface area contributed by atoms with Crippen LogP contribution >= 0.6 is 0 Å². The van der Waals surface area contributed by atoms with Gasteiger partial charge in [-0.1, -0.05) is 97.1 Å². The van der Waals surface area contributed by atoms with Crippen molar-refractivity contribution in [2.75, 3.05) is 7.11 Å². The molecule has 0 fully saturated rings. The third-order valence-electron chi connectivity index (χ3n) is 9.37. The minimum atomic E-state index is 0.905. The van der Waals surface area contributed by atoms with Gasteiger partial charge in [0.1, 0.15) is 5.75 Å². The van der Waals surface area contributed by atoms with Crippen LogP contribution in [0.4, 0.5) is 0 Å². The Bertz CT molecular complexity index is 2410. The molecule has 0 amide bonds. The Morgan fingerprint density at radius 2 is 1.05 bits per heavy atom. The summed E-state index contributed by atoms with van der Waals surface area (Å²) in [6.07, 6.45) is 0. The molecule has 8 aromatic carbocycles. The van der Waals surface area contributed by atoms with Gasteiger partial charge in [0.2, 0.25) is 0 Å². The molecule has 0 radical (unpaired) electrons. The van der Waals surface area contributed by atoms with Crippen molar-refractivity contribution in [1.82, 2.24) is 0 Å². The molecule has 0 unspecified atom stereocenters. The SMILES string of the molecule is COc1cccc2c1c(-c1cc(C)c3ccc(-c4cc5ccccc5c5cccc(C)c45)cc3c1C)cc1ccccc12. The average molecular weight is 553 g/mol. The normalized spacial score (nSPS) is 11.7. The fourth-order valence-corrected chi connectivity index (χ4v) is 7.28. The maximum Gasteiger partial charge on any atom is 0.127 e. The predicted molar refractivity (Wildman–Crippen MR) is 186 cm³/mol. The van der Waals surface area contributed by atoms with Crippen molar-refractivity contribution < 1.29 is 4.74 Å². The molecule has 0 aliphatic rings. The van der Waals surface area contributed by atoms with Gasteiger partial charge in [0.15, 0.2) is 0 Å². The van der Waals surface area contributed by atoms with Crippen LogP contribution in [-0.2, 0) is 0 Å². The summed E-state index contributed by atoms with van der Waals surface area (Å²) in [4.78, 5) is 0. The Morgan fingerprint density at radius 1 is 0.419 bits per heavy atom. The maximum atomic E-state index is 5.96. The Labute approximate surface area is 252 Å². The summed E-state index contributed by atoms with van der Waals surface area (Å²) < 4.78 is 5.96. The van der Waals surface area contributed by atoms with Crippen LogP contribution < -0.4 is 4.74 Å². The van der Waals surface area contributed by atoms with E-state index in [-0.39, 0.29) is 0 Å². The molecule has 0 N–H and O–H groups in total. The number of hydrogen-bond acceptors (Lipinski definition) is 1. The van der Waals surface area contributed by atoms with Crippen molar-refractivity contribution in [3.63, 3.8) is 0 Å². The highest BCUT2D eigenvalue weighted by Gasteiger charge is 2.18. The Balaban J connectivity index is 1.44. The summed E-state index contributed by atoms with van der Waals surface area (Å²) in [6, 6.07) is 44.6. The van der Waals surface area contributed by atoms with E-state index in [2.05, 4.69) is 142 Å². The first-order chi connectivity index (χ1) is 21.0. The second-order valence-electron chi connectivity index (χ2n) is 11.8. The number of benzene rings is 8. The number of fused-ring (bicyclic) bond motifs is 7. The zero-order valence-electron chi connectivity index (χ0n) is 25.0. The van der Waals surface area contributed by atoms with Crippen molar-refractivity contribution in [3.8, 4) is 28.0 Å². The van der Waals surface area contributed by atoms with E-state index in [1.54, 1.807) is 7.11 Å². The van der Waals surface area contributed by atoms with Gasteiger partial charge in [0.25, 0.3) is 0 Å². The lowest BCUT2D eigenvalue weighted by atomic mass is 9.85. The Morgan fingerprint density at radius 3 is 1.77 bits per heavy atom. The molecule has 0 saturated carbocycles. The van der Waals surface area contributed by atoms with E-state index in [4.69, 9.17) is 4.74 Å². The van der Waals surface area contributed by atoms with Gasteiger partial charge in [-0.2, -0.15) is 0 Å². The molecule has 0 aromatic heterocycles. The first kappa shape index (κ1) is 25.6. The Hall–Kier alpha value is -5.14. The van der Waals surface area contributed by atoms with Crippen molar-refractivity contribution in [2.24, 2.45) is 0 Å². The lowest BCUT2D eigenvalue weighted by molar-refractivity contribution is 0.420. The van der Waals surface area contributed by atoms with Gasteiger partial charge in [-0.25, -0.2) is 0 Å². The summed E-state index contributed by atoms with van der Waals surface area (Å²) in [5.74, 6) is 0.905. The number of hydrogen-bond donors (Lipinski definition) is 0. The van der Waals surface area contributed by atoms with Gasteiger partial charge in [0, 0.05) is 5.39 Å². The van der Waals surface area contributed by atoms with E-state index >= 15 is 0 Å².